The lowest BCUT2D eigenvalue weighted by molar-refractivity contribution is -0.125. The van der Waals surface area contributed by atoms with Crippen LogP contribution in [-0.4, -0.2) is 43.5 Å². The molecule has 3 N–H and O–H groups in total. The molecule has 0 saturated heterocycles. The molecule has 0 spiro atoms. The normalized spacial score (nSPS) is 16.0. The predicted octanol–water partition coefficient (Wildman–Crippen LogP) is 0.816. The average molecular weight is 229 g/mol. The highest BCUT2D eigenvalue weighted by Gasteiger charge is 2.27. The molecule has 0 aliphatic heterocycles. The van der Waals surface area contributed by atoms with Crippen molar-refractivity contribution in [1.82, 2.24) is 10.2 Å². The third-order valence-corrected chi connectivity index (χ3v) is 2.61. The fourth-order valence-corrected chi connectivity index (χ4v) is 1.25. The van der Waals surface area contributed by atoms with Gasteiger partial charge in [-0.25, -0.2) is 0 Å². The molecule has 0 aromatic rings. The number of nitrogens with two attached hydrogens (primary N) is 1. The van der Waals surface area contributed by atoms with Crippen molar-refractivity contribution in [2.24, 2.45) is 11.1 Å². The standard InChI is InChI=1S/C12H27N3O/c1-9(7-8-15(5)6)14-11(16)10(13)12(2,3)4/h9-10H,7-8,13H2,1-6H3,(H,14,16)/t9?,10-/m1/s1. The Kier molecular flexibility index (Phi) is 5.97. The fourth-order valence-electron chi connectivity index (χ4n) is 1.25. The van der Waals surface area contributed by atoms with Gasteiger partial charge in [0.1, 0.15) is 0 Å². The summed E-state index contributed by atoms with van der Waals surface area (Å²) in [7, 11) is 4.05. The monoisotopic (exact) mass is 229 g/mol. The zero-order valence-electron chi connectivity index (χ0n) is 11.5. The predicted molar refractivity (Wildman–Crippen MR) is 68.2 cm³/mol. The van der Waals surface area contributed by atoms with Gasteiger partial charge >= 0.3 is 0 Å². The van der Waals surface area contributed by atoms with Gasteiger partial charge in [0, 0.05) is 6.04 Å². The van der Waals surface area contributed by atoms with E-state index in [1.165, 1.54) is 0 Å². The average Bonchev–Trinajstić information content (AvgIpc) is 2.11. The van der Waals surface area contributed by atoms with Crippen LogP contribution in [0.5, 0.6) is 0 Å². The maximum absolute atomic E-state index is 11.8. The molecule has 0 aromatic carbocycles. The number of carbonyl (C=O) groups excluding carboxylic acids is 1. The summed E-state index contributed by atoms with van der Waals surface area (Å²) in [6, 6.07) is -0.280. The van der Waals surface area contributed by atoms with E-state index < -0.39 is 6.04 Å². The molecule has 0 rings (SSSR count). The molecule has 1 unspecified atom stereocenters. The molecule has 2 atom stereocenters. The molecule has 0 heterocycles. The van der Waals surface area contributed by atoms with Gasteiger partial charge in [-0.15, -0.1) is 0 Å². The van der Waals surface area contributed by atoms with Crippen LogP contribution in [0.3, 0.4) is 0 Å². The molecule has 0 fully saturated rings. The van der Waals surface area contributed by atoms with Crippen LogP contribution in [0, 0.1) is 5.41 Å². The topological polar surface area (TPSA) is 58.4 Å². The van der Waals surface area contributed by atoms with Crippen molar-refractivity contribution in [3.8, 4) is 0 Å². The van der Waals surface area contributed by atoms with E-state index in [1.54, 1.807) is 0 Å². The van der Waals surface area contributed by atoms with Crippen molar-refractivity contribution in [2.45, 2.75) is 46.2 Å². The highest BCUT2D eigenvalue weighted by atomic mass is 16.2. The van der Waals surface area contributed by atoms with Crippen molar-refractivity contribution < 1.29 is 4.79 Å². The summed E-state index contributed by atoms with van der Waals surface area (Å²) >= 11 is 0. The van der Waals surface area contributed by atoms with Gasteiger partial charge in [0.15, 0.2) is 0 Å². The van der Waals surface area contributed by atoms with Crippen LogP contribution in [0.1, 0.15) is 34.1 Å². The van der Waals surface area contributed by atoms with Crippen LogP contribution >= 0.6 is 0 Å². The third kappa shape index (κ3) is 6.08. The van der Waals surface area contributed by atoms with E-state index in [0.29, 0.717) is 0 Å². The van der Waals surface area contributed by atoms with E-state index >= 15 is 0 Å². The quantitative estimate of drug-likeness (QED) is 0.733. The highest BCUT2D eigenvalue weighted by molar-refractivity contribution is 5.82. The Labute approximate surface area is 99.6 Å². The largest absolute Gasteiger partial charge is 0.352 e. The van der Waals surface area contributed by atoms with Gasteiger partial charge in [0.05, 0.1) is 6.04 Å². The van der Waals surface area contributed by atoms with Gasteiger partial charge in [0.2, 0.25) is 5.91 Å². The lowest BCUT2D eigenvalue weighted by Gasteiger charge is -2.27. The van der Waals surface area contributed by atoms with Gasteiger partial charge in [-0.2, -0.15) is 0 Å². The van der Waals surface area contributed by atoms with Gasteiger partial charge in [0.25, 0.3) is 0 Å². The Bertz CT molecular complexity index is 221. The lowest BCUT2D eigenvalue weighted by atomic mass is 9.87. The van der Waals surface area contributed by atoms with E-state index in [0.717, 1.165) is 13.0 Å². The first-order valence-electron chi connectivity index (χ1n) is 5.85. The fraction of sp³-hybridized carbons (Fsp3) is 0.917. The molecule has 0 saturated carbocycles. The minimum Gasteiger partial charge on any atom is -0.352 e. The number of carbonyl (C=O) groups is 1. The molecular weight excluding hydrogens is 202 g/mol. The number of hydrogen-bond acceptors (Lipinski definition) is 3. The van der Waals surface area contributed by atoms with Crippen molar-refractivity contribution in [3.05, 3.63) is 0 Å². The molecular formula is C12H27N3O. The van der Waals surface area contributed by atoms with Crippen LogP contribution in [-0.2, 0) is 4.79 Å². The van der Waals surface area contributed by atoms with Crippen LogP contribution < -0.4 is 11.1 Å². The second-order valence-electron chi connectivity index (χ2n) is 5.85. The van der Waals surface area contributed by atoms with Crippen molar-refractivity contribution in [3.63, 3.8) is 0 Å². The molecule has 0 aliphatic carbocycles. The molecule has 4 heteroatoms. The Morgan fingerprint density at radius 3 is 2.25 bits per heavy atom. The van der Waals surface area contributed by atoms with Crippen LogP contribution in [0.2, 0.25) is 0 Å². The second-order valence-corrected chi connectivity index (χ2v) is 5.85. The summed E-state index contributed by atoms with van der Waals surface area (Å²) in [6.07, 6.45) is 0.940. The van der Waals surface area contributed by atoms with E-state index in [9.17, 15) is 4.79 Å². The van der Waals surface area contributed by atoms with Crippen molar-refractivity contribution >= 4 is 5.91 Å². The summed E-state index contributed by atoms with van der Waals surface area (Å²) < 4.78 is 0. The van der Waals surface area contributed by atoms with Crippen molar-refractivity contribution in [2.75, 3.05) is 20.6 Å². The summed E-state index contributed by atoms with van der Waals surface area (Å²) in [4.78, 5) is 13.9. The number of amides is 1. The van der Waals surface area contributed by atoms with E-state index in [1.807, 2.05) is 41.8 Å². The second kappa shape index (κ2) is 6.21. The number of nitrogens with zero attached hydrogens (tertiary/aromatic N) is 1. The minimum atomic E-state index is -0.450. The number of hydrogen-bond donors (Lipinski definition) is 2. The third-order valence-electron chi connectivity index (χ3n) is 2.61. The van der Waals surface area contributed by atoms with Crippen molar-refractivity contribution in [1.29, 1.82) is 0 Å². The van der Waals surface area contributed by atoms with E-state index in [4.69, 9.17) is 5.73 Å². The molecule has 4 nitrogen and oxygen atoms in total. The van der Waals surface area contributed by atoms with Gasteiger partial charge in [-0.3, -0.25) is 4.79 Å². The van der Waals surface area contributed by atoms with Gasteiger partial charge in [-0.05, 0) is 39.4 Å². The van der Waals surface area contributed by atoms with Crippen LogP contribution in [0.4, 0.5) is 0 Å². The number of rotatable bonds is 5. The molecule has 96 valence electrons. The maximum Gasteiger partial charge on any atom is 0.237 e. The molecule has 0 radical (unpaired) electrons. The molecule has 0 aliphatic rings. The van der Waals surface area contributed by atoms with Gasteiger partial charge in [-0.1, -0.05) is 20.8 Å². The first-order chi connectivity index (χ1) is 7.14. The zero-order chi connectivity index (χ0) is 12.9. The van der Waals surface area contributed by atoms with E-state index in [-0.39, 0.29) is 17.4 Å². The SMILES string of the molecule is CC(CCN(C)C)NC(=O)[C@@H](N)C(C)(C)C. The summed E-state index contributed by atoms with van der Waals surface area (Å²) in [5.41, 5.74) is 5.69. The molecule has 0 bridgehead atoms. The summed E-state index contributed by atoms with van der Waals surface area (Å²) in [5, 5.41) is 2.95. The lowest BCUT2D eigenvalue weighted by Crippen LogP contribution is -2.51. The van der Waals surface area contributed by atoms with Gasteiger partial charge < -0.3 is 16.0 Å². The summed E-state index contributed by atoms with van der Waals surface area (Å²) in [5.74, 6) is -0.0567. The Morgan fingerprint density at radius 2 is 1.88 bits per heavy atom. The maximum atomic E-state index is 11.8. The Hall–Kier alpha value is -0.610. The Morgan fingerprint density at radius 1 is 1.38 bits per heavy atom. The van der Waals surface area contributed by atoms with Crippen LogP contribution in [0.15, 0.2) is 0 Å². The highest BCUT2D eigenvalue weighted by Crippen LogP contribution is 2.17. The summed E-state index contributed by atoms with van der Waals surface area (Å²) in [6.45, 7) is 8.90. The molecule has 0 aromatic heterocycles. The molecule has 16 heavy (non-hydrogen) atoms. The number of nitrogens with one attached hydrogen (secondary N) is 1. The van der Waals surface area contributed by atoms with Crippen LogP contribution in [0.25, 0.3) is 0 Å². The van der Waals surface area contributed by atoms with E-state index in [2.05, 4.69) is 10.2 Å². The first kappa shape index (κ1) is 15.4. The minimum absolute atomic E-state index is 0.0567. The first-order valence-corrected chi connectivity index (χ1v) is 5.85. The molecule has 1 amide bonds. The smallest absolute Gasteiger partial charge is 0.237 e. The zero-order valence-corrected chi connectivity index (χ0v) is 11.5. The Balaban J connectivity index is 4.05.